The second-order valence-electron chi connectivity index (χ2n) is 10.1. The summed E-state index contributed by atoms with van der Waals surface area (Å²) >= 11 is 0. The molecule has 0 aliphatic heterocycles. The number of esters is 1. The monoisotopic (exact) mass is 567 g/mol. The number of methoxy groups -OCH3 is 3. The van der Waals surface area contributed by atoms with E-state index in [9.17, 15) is 9.59 Å². The lowest BCUT2D eigenvalue weighted by Crippen LogP contribution is -2.32. The molecule has 4 rings (SSSR count). The van der Waals surface area contributed by atoms with E-state index in [0.29, 0.717) is 47.2 Å². The summed E-state index contributed by atoms with van der Waals surface area (Å²) < 4.78 is 22.0. The molecule has 0 bridgehead atoms. The van der Waals surface area contributed by atoms with Crippen LogP contribution in [-0.4, -0.2) is 44.7 Å². The van der Waals surface area contributed by atoms with Gasteiger partial charge in [0.2, 0.25) is 0 Å². The van der Waals surface area contributed by atoms with Crippen LogP contribution in [0.3, 0.4) is 0 Å². The third-order valence-corrected chi connectivity index (χ3v) is 7.09. The Hall–Kier alpha value is -4.78. The number of amides is 1. The van der Waals surface area contributed by atoms with Crippen LogP contribution in [0.1, 0.15) is 49.4 Å². The van der Waals surface area contributed by atoms with Crippen molar-refractivity contribution in [2.75, 3.05) is 27.9 Å². The molecule has 0 atom stereocenters. The zero-order valence-electron chi connectivity index (χ0n) is 24.8. The van der Waals surface area contributed by atoms with Gasteiger partial charge < -0.3 is 23.8 Å². The fourth-order valence-electron chi connectivity index (χ4n) is 4.77. The van der Waals surface area contributed by atoms with Gasteiger partial charge in [0.15, 0.2) is 0 Å². The molecule has 0 aromatic heterocycles. The number of aryl methyl sites for hydroxylation is 2. The van der Waals surface area contributed by atoms with Crippen LogP contribution in [0, 0.1) is 13.8 Å². The molecule has 7 nitrogen and oxygen atoms in total. The number of carbonyl (C=O) groups excluding carboxylic acids is 2. The lowest BCUT2D eigenvalue weighted by atomic mass is 10.1. The Labute approximate surface area is 247 Å². The molecule has 4 aromatic carbocycles. The fourth-order valence-corrected chi connectivity index (χ4v) is 4.77. The van der Waals surface area contributed by atoms with Crippen molar-refractivity contribution in [2.45, 2.75) is 33.2 Å². The van der Waals surface area contributed by atoms with Crippen molar-refractivity contribution in [3.05, 3.63) is 118 Å². The molecule has 0 saturated carbocycles. The number of rotatable bonds is 12. The van der Waals surface area contributed by atoms with E-state index in [1.807, 2.05) is 67.3 Å². The first-order valence-corrected chi connectivity index (χ1v) is 13.8. The van der Waals surface area contributed by atoms with Crippen LogP contribution in [-0.2, 0) is 17.7 Å². The second kappa shape index (κ2) is 14.2. The first-order valence-electron chi connectivity index (χ1n) is 13.8. The highest BCUT2D eigenvalue weighted by Crippen LogP contribution is 2.31. The number of ether oxygens (including phenoxy) is 4. The molecule has 0 N–H and O–H groups in total. The maximum Gasteiger partial charge on any atom is 0.341 e. The average Bonchev–Trinajstić information content (AvgIpc) is 3.01. The fraction of sp³-hybridized carbons (Fsp3) is 0.257. The first-order chi connectivity index (χ1) is 20.3. The Kier molecular flexibility index (Phi) is 10.2. The van der Waals surface area contributed by atoms with Crippen LogP contribution in [0.25, 0.3) is 0 Å². The molecule has 0 heterocycles. The lowest BCUT2D eigenvalue weighted by molar-refractivity contribution is 0.0597. The van der Waals surface area contributed by atoms with Crippen molar-refractivity contribution >= 4 is 11.9 Å². The summed E-state index contributed by atoms with van der Waals surface area (Å²) in [5.74, 6) is 1.63. The van der Waals surface area contributed by atoms with Crippen LogP contribution in [0.2, 0.25) is 0 Å². The van der Waals surface area contributed by atoms with E-state index in [0.717, 1.165) is 29.5 Å². The molecule has 0 spiro atoms. The standard InChI is InChI=1S/C35H37NO6/c1-24-13-18-30(35(38)41-5)33(20-24)42-29-16-14-27(15-17-29)23-36(19-9-12-26-10-7-6-8-11-26)34(37)28-21-31(39-3)25(2)32(22-28)40-4/h6-8,10-11,13-18,20-22H,9,12,19,23H2,1-5H3. The van der Waals surface area contributed by atoms with Crippen molar-refractivity contribution in [3.63, 3.8) is 0 Å². The van der Waals surface area contributed by atoms with E-state index >= 15 is 0 Å². The minimum Gasteiger partial charge on any atom is -0.496 e. The van der Waals surface area contributed by atoms with Gasteiger partial charge in [0.1, 0.15) is 28.6 Å². The molecule has 0 unspecified atom stereocenters. The molecular formula is C35H37NO6. The highest BCUT2D eigenvalue weighted by molar-refractivity contribution is 5.95. The van der Waals surface area contributed by atoms with Crippen molar-refractivity contribution in [1.82, 2.24) is 4.90 Å². The van der Waals surface area contributed by atoms with E-state index in [1.54, 1.807) is 38.5 Å². The molecular weight excluding hydrogens is 530 g/mol. The predicted molar refractivity (Wildman–Crippen MR) is 163 cm³/mol. The van der Waals surface area contributed by atoms with Gasteiger partial charge in [-0.05, 0) is 79.8 Å². The van der Waals surface area contributed by atoms with E-state index < -0.39 is 5.97 Å². The molecule has 0 radical (unpaired) electrons. The van der Waals surface area contributed by atoms with Crippen LogP contribution in [0.4, 0.5) is 0 Å². The number of nitrogens with zero attached hydrogens (tertiary/aromatic N) is 1. The summed E-state index contributed by atoms with van der Waals surface area (Å²) in [4.78, 5) is 27.9. The summed E-state index contributed by atoms with van der Waals surface area (Å²) in [7, 11) is 4.51. The second-order valence-corrected chi connectivity index (χ2v) is 10.1. The normalized spacial score (nSPS) is 10.6. The van der Waals surface area contributed by atoms with Gasteiger partial charge in [-0.1, -0.05) is 48.5 Å². The van der Waals surface area contributed by atoms with E-state index in [1.165, 1.54) is 12.7 Å². The SMILES string of the molecule is COC(=O)c1ccc(C)cc1Oc1ccc(CN(CCCc2ccccc2)C(=O)c2cc(OC)c(C)c(OC)c2)cc1. The summed E-state index contributed by atoms with van der Waals surface area (Å²) in [5, 5.41) is 0. The Morgan fingerprint density at radius 1 is 0.738 bits per heavy atom. The maximum absolute atomic E-state index is 13.9. The number of benzene rings is 4. The minimum absolute atomic E-state index is 0.109. The quantitative estimate of drug-likeness (QED) is 0.169. The van der Waals surface area contributed by atoms with Gasteiger partial charge in [0.05, 0.1) is 21.3 Å². The molecule has 1 amide bonds. The van der Waals surface area contributed by atoms with Gasteiger partial charge in [-0.25, -0.2) is 4.79 Å². The van der Waals surface area contributed by atoms with E-state index in [-0.39, 0.29) is 5.91 Å². The maximum atomic E-state index is 13.9. The van der Waals surface area contributed by atoms with Crippen LogP contribution in [0.15, 0.2) is 84.9 Å². The first kappa shape index (κ1) is 30.2. The summed E-state index contributed by atoms with van der Waals surface area (Å²) in [5.41, 5.74) is 4.83. The summed E-state index contributed by atoms with van der Waals surface area (Å²) in [6.07, 6.45) is 1.66. The smallest absolute Gasteiger partial charge is 0.341 e. The Morgan fingerprint density at radius 3 is 2.02 bits per heavy atom. The highest BCUT2D eigenvalue weighted by atomic mass is 16.5. The van der Waals surface area contributed by atoms with Gasteiger partial charge >= 0.3 is 5.97 Å². The Bertz CT molecular complexity index is 1490. The zero-order chi connectivity index (χ0) is 30.1. The van der Waals surface area contributed by atoms with Crippen molar-refractivity contribution in [1.29, 1.82) is 0 Å². The molecule has 4 aromatic rings. The lowest BCUT2D eigenvalue weighted by Gasteiger charge is -2.24. The minimum atomic E-state index is -0.462. The van der Waals surface area contributed by atoms with Crippen LogP contribution in [0.5, 0.6) is 23.0 Å². The molecule has 0 aliphatic rings. The van der Waals surface area contributed by atoms with Crippen molar-refractivity contribution in [2.24, 2.45) is 0 Å². The van der Waals surface area contributed by atoms with Crippen LogP contribution < -0.4 is 14.2 Å². The molecule has 42 heavy (non-hydrogen) atoms. The molecule has 0 saturated heterocycles. The van der Waals surface area contributed by atoms with E-state index in [4.69, 9.17) is 18.9 Å². The predicted octanol–water partition coefficient (Wildman–Crippen LogP) is 7.17. The van der Waals surface area contributed by atoms with Crippen molar-refractivity contribution in [3.8, 4) is 23.0 Å². The van der Waals surface area contributed by atoms with Gasteiger partial charge in [-0.2, -0.15) is 0 Å². The number of hydrogen-bond donors (Lipinski definition) is 0. The largest absolute Gasteiger partial charge is 0.496 e. The summed E-state index contributed by atoms with van der Waals surface area (Å²) in [6, 6.07) is 26.6. The summed E-state index contributed by atoms with van der Waals surface area (Å²) in [6.45, 7) is 4.80. The van der Waals surface area contributed by atoms with Crippen LogP contribution >= 0.6 is 0 Å². The van der Waals surface area contributed by atoms with E-state index in [2.05, 4.69) is 12.1 Å². The Balaban J connectivity index is 1.55. The van der Waals surface area contributed by atoms with Gasteiger partial charge in [0, 0.05) is 24.2 Å². The molecule has 0 aliphatic carbocycles. The highest BCUT2D eigenvalue weighted by Gasteiger charge is 2.20. The van der Waals surface area contributed by atoms with Gasteiger partial charge in [0.25, 0.3) is 5.91 Å². The van der Waals surface area contributed by atoms with Gasteiger partial charge in [-0.15, -0.1) is 0 Å². The number of carbonyl (C=O) groups is 2. The van der Waals surface area contributed by atoms with Gasteiger partial charge in [-0.3, -0.25) is 4.79 Å². The van der Waals surface area contributed by atoms with Crippen molar-refractivity contribution < 1.29 is 28.5 Å². The molecule has 0 fully saturated rings. The molecule has 218 valence electrons. The number of hydrogen-bond acceptors (Lipinski definition) is 6. The molecule has 7 heteroatoms. The topological polar surface area (TPSA) is 74.3 Å². The third kappa shape index (κ3) is 7.49. The average molecular weight is 568 g/mol. The Morgan fingerprint density at radius 2 is 1.40 bits per heavy atom. The third-order valence-electron chi connectivity index (χ3n) is 7.09. The zero-order valence-corrected chi connectivity index (χ0v) is 24.8.